The van der Waals surface area contributed by atoms with E-state index in [4.69, 9.17) is 0 Å². The Balaban J connectivity index is 1.69. The minimum absolute atomic E-state index is 0.0167. The average molecular weight is 507 g/mol. The van der Waals surface area contributed by atoms with Gasteiger partial charge in [0.25, 0.3) is 5.91 Å². The second-order valence-electron chi connectivity index (χ2n) is 8.79. The van der Waals surface area contributed by atoms with E-state index in [1.54, 1.807) is 31.5 Å². The fraction of sp³-hybridized carbons (Fsp3) is 0.348. The van der Waals surface area contributed by atoms with Gasteiger partial charge in [-0.2, -0.15) is 18.3 Å². The van der Waals surface area contributed by atoms with Gasteiger partial charge in [-0.15, -0.1) is 11.3 Å². The van der Waals surface area contributed by atoms with Gasteiger partial charge in [0.15, 0.2) is 0 Å². The molecule has 0 unspecified atom stereocenters. The summed E-state index contributed by atoms with van der Waals surface area (Å²) >= 11 is 1.45. The molecule has 35 heavy (non-hydrogen) atoms. The number of rotatable bonds is 6. The molecule has 0 aliphatic carbocycles. The first-order valence-electron chi connectivity index (χ1n) is 10.6. The maximum Gasteiger partial charge on any atom is 0.451 e. The van der Waals surface area contributed by atoms with Gasteiger partial charge in [-0.3, -0.25) is 9.48 Å². The summed E-state index contributed by atoms with van der Waals surface area (Å²) < 4.78 is 54.1. The Labute approximate surface area is 202 Å². The fourth-order valence-electron chi connectivity index (χ4n) is 3.52. The van der Waals surface area contributed by atoms with Crippen LogP contribution in [-0.2, 0) is 12.7 Å². The number of nitrogens with one attached hydrogen (secondary N) is 1. The predicted molar refractivity (Wildman–Crippen MR) is 124 cm³/mol. The number of carbonyl (C=O) groups is 1. The largest absolute Gasteiger partial charge is 0.451 e. The summed E-state index contributed by atoms with van der Waals surface area (Å²) in [4.78, 5) is 25.3. The van der Waals surface area contributed by atoms with Crippen molar-refractivity contribution in [2.75, 3.05) is 0 Å². The molecule has 7 nitrogen and oxygen atoms in total. The Hall–Kier alpha value is -3.41. The van der Waals surface area contributed by atoms with Gasteiger partial charge in [-0.1, -0.05) is 0 Å². The zero-order valence-corrected chi connectivity index (χ0v) is 20.1. The lowest BCUT2D eigenvalue weighted by atomic mass is 10.0. The van der Waals surface area contributed by atoms with E-state index in [2.05, 4.69) is 25.4 Å². The van der Waals surface area contributed by atoms with E-state index >= 15 is 0 Å². The molecule has 1 N–H and O–H groups in total. The van der Waals surface area contributed by atoms with Gasteiger partial charge >= 0.3 is 6.18 Å². The molecule has 0 spiro atoms. The van der Waals surface area contributed by atoms with Gasteiger partial charge in [0.1, 0.15) is 10.7 Å². The summed E-state index contributed by atoms with van der Waals surface area (Å²) in [6, 6.07) is 2.63. The lowest BCUT2D eigenvalue weighted by molar-refractivity contribution is -0.145. The van der Waals surface area contributed by atoms with Crippen molar-refractivity contribution in [2.45, 2.75) is 52.1 Å². The first kappa shape index (κ1) is 24.7. The summed E-state index contributed by atoms with van der Waals surface area (Å²) in [5.41, 5.74) is 0.300. The highest BCUT2D eigenvalue weighted by atomic mass is 32.1. The maximum atomic E-state index is 14.4. The molecular formula is C23H22F4N6OS. The van der Waals surface area contributed by atoms with Crippen LogP contribution in [0, 0.1) is 6.92 Å². The number of benzene rings is 1. The second kappa shape index (κ2) is 8.99. The van der Waals surface area contributed by atoms with Crippen LogP contribution in [-0.4, -0.2) is 36.3 Å². The smallest absolute Gasteiger partial charge is 0.345 e. The zero-order valence-electron chi connectivity index (χ0n) is 19.3. The number of nitrogens with zero attached hydrogens (tertiary/aromatic N) is 5. The van der Waals surface area contributed by atoms with Gasteiger partial charge in [0.05, 0.1) is 24.3 Å². The minimum Gasteiger partial charge on any atom is -0.345 e. The number of hydrogen-bond donors (Lipinski definition) is 1. The molecule has 0 radical (unpaired) electrons. The number of carbonyl (C=O) groups excluding carboxylic acids is 1. The molecule has 1 atom stereocenters. The quantitative estimate of drug-likeness (QED) is 0.348. The summed E-state index contributed by atoms with van der Waals surface area (Å²) in [5.74, 6) is -1.72. The van der Waals surface area contributed by atoms with Crippen LogP contribution in [0.4, 0.5) is 17.6 Å². The molecular weight excluding hydrogens is 484 g/mol. The van der Waals surface area contributed by atoms with E-state index in [0.717, 1.165) is 22.7 Å². The molecule has 4 aromatic rings. The summed E-state index contributed by atoms with van der Waals surface area (Å²) in [7, 11) is 0. The SMILES string of the molecule is Cc1cnc(-c2cc(C(=O)N[C@H](C)c3cnc(C(F)(F)F)nc3)cc3c2cnn3CC(C)(C)F)s1. The lowest BCUT2D eigenvalue weighted by Crippen LogP contribution is -2.27. The summed E-state index contributed by atoms with van der Waals surface area (Å²) in [5, 5.41) is 8.49. The number of thiazole rings is 1. The van der Waals surface area contributed by atoms with E-state index in [-0.39, 0.29) is 12.1 Å². The van der Waals surface area contributed by atoms with Crippen LogP contribution in [0.1, 0.15) is 53.4 Å². The summed E-state index contributed by atoms with van der Waals surface area (Å²) in [6.07, 6.45) is 0.762. The number of aryl methyl sites for hydroxylation is 1. The lowest BCUT2D eigenvalue weighted by Gasteiger charge is -2.16. The normalized spacial score (nSPS) is 13.3. The Kier molecular flexibility index (Phi) is 6.34. The van der Waals surface area contributed by atoms with Crippen molar-refractivity contribution in [1.29, 1.82) is 0 Å². The highest BCUT2D eigenvalue weighted by Gasteiger charge is 2.34. The van der Waals surface area contributed by atoms with E-state index in [9.17, 15) is 22.4 Å². The first-order valence-corrected chi connectivity index (χ1v) is 11.4. The van der Waals surface area contributed by atoms with E-state index in [1.165, 1.54) is 29.9 Å². The topological polar surface area (TPSA) is 85.6 Å². The van der Waals surface area contributed by atoms with E-state index in [1.807, 2.05) is 6.92 Å². The van der Waals surface area contributed by atoms with Crippen molar-refractivity contribution in [1.82, 2.24) is 30.0 Å². The van der Waals surface area contributed by atoms with Crippen LogP contribution < -0.4 is 5.32 Å². The molecule has 0 saturated heterocycles. The molecule has 3 heterocycles. The van der Waals surface area contributed by atoms with Crippen LogP contribution in [0.3, 0.4) is 0 Å². The van der Waals surface area contributed by atoms with Crippen LogP contribution in [0.2, 0.25) is 0 Å². The zero-order chi connectivity index (χ0) is 25.5. The van der Waals surface area contributed by atoms with Crippen molar-refractivity contribution in [3.05, 3.63) is 58.7 Å². The van der Waals surface area contributed by atoms with Crippen molar-refractivity contribution >= 4 is 28.1 Å². The Morgan fingerprint density at radius 3 is 2.34 bits per heavy atom. The molecule has 0 aliphatic rings. The Bertz CT molecular complexity index is 1370. The third kappa shape index (κ3) is 5.47. The average Bonchev–Trinajstić information content (AvgIpc) is 3.37. The standard InChI is InChI=1S/C23H22F4N6OS/c1-12-7-28-20(35-12)16-5-14(6-18-17(16)10-31-33(18)11-22(3,4)24)19(34)32-13(2)15-8-29-21(30-9-15)23(25,26)27/h5-10,13H,11H2,1-4H3,(H,32,34)/t13-/m1/s1. The molecule has 1 amide bonds. The van der Waals surface area contributed by atoms with Crippen LogP contribution in [0.15, 0.2) is 36.9 Å². The van der Waals surface area contributed by atoms with Crippen molar-refractivity contribution in [2.24, 2.45) is 0 Å². The number of amides is 1. The van der Waals surface area contributed by atoms with E-state index < -0.39 is 29.6 Å². The van der Waals surface area contributed by atoms with Crippen molar-refractivity contribution in [3.8, 4) is 10.6 Å². The second-order valence-corrected chi connectivity index (χ2v) is 10.0. The number of fused-ring (bicyclic) bond motifs is 1. The molecule has 4 rings (SSSR count). The maximum absolute atomic E-state index is 14.4. The fourth-order valence-corrected chi connectivity index (χ4v) is 4.31. The molecule has 3 aromatic heterocycles. The summed E-state index contributed by atoms with van der Waals surface area (Å²) in [6.45, 7) is 6.39. The van der Waals surface area contributed by atoms with Crippen molar-refractivity contribution in [3.63, 3.8) is 0 Å². The molecule has 0 fully saturated rings. The third-order valence-electron chi connectivity index (χ3n) is 5.18. The monoisotopic (exact) mass is 506 g/mol. The highest BCUT2D eigenvalue weighted by Crippen LogP contribution is 2.34. The number of halogens is 4. The van der Waals surface area contributed by atoms with Gasteiger partial charge < -0.3 is 5.32 Å². The number of alkyl halides is 4. The predicted octanol–water partition coefficient (Wildman–Crippen LogP) is 5.52. The van der Waals surface area contributed by atoms with Gasteiger partial charge in [0.2, 0.25) is 5.82 Å². The van der Waals surface area contributed by atoms with Gasteiger partial charge in [0, 0.05) is 45.5 Å². The highest BCUT2D eigenvalue weighted by molar-refractivity contribution is 7.15. The van der Waals surface area contributed by atoms with Crippen LogP contribution >= 0.6 is 11.3 Å². The number of hydrogen-bond acceptors (Lipinski definition) is 6. The van der Waals surface area contributed by atoms with Gasteiger partial charge in [-0.05, 0) is 39.8 Å². The van der Waals surface area contributed by atoms with Crippen molar-refractivity contribution < 1.29 is 22.4 Å². The molecule has 0 aliphatic heterocycles. The van der Waals surface area contributed by atoms with Gasteiger partial charge in [-0.25, -0.2) is 19.3 Å². The molecule has 0 bridgehead atoms. The first-order chi connectivity index (χ1) is 16.3. The van der Waals surface area contributed by atoms with E-state index in [0.29, 0.717) is 21.7 Å². The Morgan fingerprint density at radius 2 is 1.77 bits per heavy atom. The van der Waals surface area contributed by atoms with Crippen LogP contribution in [0.5, 0.6) is 0 Å². The third-order valence-corrected chi connectivity index (χ3v) is 6.12. The number of aromatic nitrogens is 5. The molecule has 12 heteroatoms. The molecule has 184 valence electrons. The van der Waals surface area contributed by atoms with Crippen LogP contribution in [0.25, 0.3) is 21.5 Å². The molecule has 1 aromatic carbocycles. The minimum atomic E-state index is -4.65. The molecule has 0 saturated carbocycles. The Morgan fingerprint density at radius 1 is 1.09 bits per heavy atom.